The SMILES string of the molecule is O=C(CN1C(=O)SC(=Cc2ccccc2OCc2ccccc2)C1=O)Nc1ccc(F)cc1F. The monoisotopic (exact) mass is 480 g/mol. The van der Waals surface area contributed by atoms with Crippen molar-refractivity contribution >= 4 is 40.6 Å². The standard InChI is InChI=1S/C25H18F2N2O4S/c26-18-10-11-20(19(27)13-18)28-23(30)14-29-24(31)22(34-25(29)32)12-17-8-4-5-9-21(17)33-15-16-6-2-1-3-7-16/h1-13H,14-15H2,(H,28,30). The van der Waals surface area contributed by atoms with Gasteiger partial charge in [0.2, 0.25) is 5.91 Å². The van der Waals surface area contributed by atoms with E-state index in [-0.39, 0.29) is 10.6 Å². The highest BCUT2D eigenvalue weighted by atomic mass is 32.2. The maximum absolute atomic E-state index is 13.8. The molecule has 1 aliphatic rings. The van der Waals surface area contributed by atoms with Gasteiger partial charge in [-0.15, -0.1) is 0 Å². The largest absolute Gasteiger partial charge is 0.488 e. The summed E-state index contributed by atoms with van der Waals surface area (Å²) in [6.45, 7) is -0.279. The van der Waals surface area contributed by atoms with Crippen LogP contribution in [0.15, 0.2) is 77.7 Å². The van der Waals surface area contributed by atoms with Crippen LogP contribution in [0.2, 0.25) is 0 Å². The predicted molar refractivity (Wildman–Crippen MR) is 125 cm³/mol. The summed E-state index contributed by atoms with van der Waals surface area (Å²) in [5.41, 5.74) is 1.32. The minimum absolute atomic E-state index is 0.126. The molecule has 1 heterocycles. The highest BCUT2D eigenvalue weighted by Crippen LogP contribution is 2.34. The van der Waals surface area contributed by atoms with Crippen LogP contribution in [0.4, 0.5) is 19.3 Å². The van der Waals surface area contributed by atoms with Crippen molar-refractivity contribution in [3.05, 3.63) is 100 Å². The minimum Gasteiger partial charge on any atom is -0.488 e. The molecule has 9 heteroatoms. The number of para-hydroxylation sites is 1. The van der Waals surface area contributed by atoms with Crippen LogP contribution in [0, 0.1) is 11.6 Å². The van der Waals surface area contributed by atoms with Crippen LogP contribution in [0.5, 0.6) is 5.75 Å². The van der Waals surface area contributed by atoms with E-state index < -0.39 is 35.2 Å². The first-order valence-electron chi connectivity index (χ1n) is 10.2. The van der Waals surface area contributed by atoms with E-state index in [1.54, 1.807) is 24.3 Å². The number of nitrogens with one attached hydrogen (secondary N) is 1. The van der Waals surface area contributed by atoms with E-state index in [1.165, 1.54) is 6.08 Å². The van der Waals surface area contributed by atoms with E-state index in [2.05, 4.69) is 5.32 Å². The average molecular weight is 480 g/mol. The molecule has 172 valence electrons. The molecule has 3 amide bonds. The molecule has 6 nitrogen and oxygen atoms in total. The van der Waals surface area contributed by atoms with E-state index in [4.69, 9.17) is 4.74 Å². The molecule has 0 unspecified atom stereocenters. The molecule has 1 fully saturated rings. The van der Waals surface area contributed by atoms with Crippen molar-refractivity contribution in [2.24, 2.45) is 0 Å². The second-order valence-corrected chi connectivity index (χ2v) is 8.25. The first kappa shape index (κ1) is 23.2. The van der Waals surface area contributed by atoms with Crippen molar-refractivity contribution in [3.8, 4) is 5.75 Å². The van der Waals surface area contributed by atoms with E-state index in [0.29, 0.717) is 35.7 Å². The van der Waals surface area contributed by atoms with Crippen LogP contribution in [0.3, 0.4) is 0 Å². The van der Waals surface area contributed by atoms with Crippen molar-refractivity contribution in [2.45, 2.75) is 6.61 Å². The highest BCUT2D eigenvalue weighted by Gasteiger charge is 2.36. The Balaban J connectivity index is 1.45. The smallest absolute Gasteiger partial charge is 0.294 e. The van der Waals surface area contributed by atoms with Gasteiger partial charge in [0.15, 0.2) is 0 Å². The fourth-order valence-corrected chi connectivity index (χ4v) is 4.00. The Labute approximate surface area is 198 Å². The second kappa shape index (κ2) is 10.3. The number of carbonyl (C=O) groups excluding carboxylic acids is 3. The van der Waals surface area contributed by atoms with Gasteiger partial charge >= 0.3 is 0 Å². The topological polar surface area (TPSA) is 75.7 Å². The number of amides is 3. The van der Waals surface area contributed by atoms with Gasteiger partial charge in [-0.3, -0.25) is 19.3 Å². The lowest BCUT2D eigenvalue weighted by molar-refractivity contribution is -0.127. The van der Waals surface area contributed by atoms with Crippen LogP contribution in [0.1, 0.15) is 11.1 Å². The number of hydrogen-bond donors (Lipinski definition) is 1. The van der Waals surface area contributed by atoms with Gasteiger partial charge in [0.05, 0.1) is 10.6 Å². The second-order valence-electron chi connectivity index (χ2n) is 7.25. The van der Waals surface area contributed by atoms with Crippen LogP contribution in [-0.2, 0) is 16.2 Å². The Kier molecular flexibility index (Phi) is 7.03. The number of benzene rings is 3. The molecular formula is C25H18F2N2O4S. The Morgan fingerprint density at radius 1 is 1.00 bits per heavy atom. The summed E-state index contributed by atoms with van der Waals surface area (Å²) in [4.78, 5) is 38.3. The highest BCUT2D eigenvalue weighted by molar-refractivity contribution is 8.18. The van der Waals surface area contributed by atoms with Crippen molar-refractivity contribution in [1.29, 1.82) is 0 Å². The molecule has 0 spiro atoms. The van der Waals surface area contributed by atoms with E-state index in [0.717, 1.165) is 22.6 Å². The zero-order valence-electron chi connectivity index (χ0n) is 17.7. The summed E-state index contributed by atoms with van der Waals surface area (Å²) < 4.78 is 32.7. The molecule has 0 radical (unpaired) electrons. The third kappa shape index (κ3) is 5.49. The number of imide groups is 1. The van der Waals surface area contributed by atoms with Crippen LogP contribution >= 0.6 is 11.8 Å². The summed E-state index contributed by atoms with van der Waals surface area (Å²) in [6.07, 6.45) is 1.53. The number of thioether (sulfide) groups is 1. The molecule has 1 saturated heterocycles. The number of anilines is 1. The number of carbonyl (C=O) groups is 3. The Morgan fingerprint density at radius 2 is 1.74 bits per heavy atom. The number of halogens is 2. The van der Waals surface area contributed by atoms with Gasteiger partial charge in [-0.1, -0.05) is 48.5 Å². The first-order chi connectivity index (χ1) is 16.4. The number of ether oxygens (including phenoxy) is 1. The average Bonchev–Trinajstić information content (AvgIpc) is 3.08. The van der Waals surface area contributed by atoms with Crippen LogP contribution in [-0.4, -0.2) is 28.5 Å². The van der Waals surface area contributed by atoms with Gasteiger partial charge in [0.1, 0.15) is 30.5 Å². The summed E-state index contributed by atoms with van der Waals surface area (Å²) in [5, 5.41) is 1.61. The lowest BCUT2D eigenvalue weighted by Crippen LogP contribution is -2.36. The van der Waals surface area contributed by atoms with Crippen LogP contribution < -0.4 is 10.1 Å². The quantitative estimate of drug-likeness (QED) is 0.470. The molecule has 0 aromatic heterocycles. The molecule has 3 aromatic carbocycles. The molecule has 0 saturated carbocycles. The fourth-order valence-electron chi connectivity index (χ4n) is 3.17. The van der Waals surface area contributed by atoms with Crippen molar-refractivity contribution in [2.75, 3.05) is 11.9 Å². The Morgan fingerprint density at radius 3 is 2.50 bits per heavy atom. The third-order valence-corrected chi connectivity index (χ3v) is 5.73. The molecule has 0 atom stereocenters. The third-order valence-electron chi connectivity index (χ3n) is 4.82. The summed E-state index contributed by atoms with van der Waals surface area (Å²) in [5.74, 6) is -2.67. The van der Waals surface area contributed by atoms with Gasteiger partial charge in [-0.2, -0.15) is 0 Å². The maximum atomic E-state index is 13.8. The summed E-state index contributed by atoms with van der Waals surface area (Å²) >= 11 is 0.693. The van der Waals surface area contributed by atoms with Gasteiger partial charge in [-0.05, 0) is 41.6 Å². The normalized spacial score (nSPS) is 14.5. The van der Waals surface area contributed by atoms with Crippen molar-refractivity contribution < 1.29 is 27.9 Å². The Bertz CT molecular complexity index is 1280. The van der Waals surface area contributed by atoms with Crippen LogP contribution in [0.25, 0.3) is 6.08 Å². The predicted octanol–water partition coefficient (Wildman–Crippen LogP) is 5.22. The lowest BCUT2D eigenvalue weighted by atomic mass is 10.1. The zero-order valence-corrected chi connectivity index (χ0v) is 18.5. The molecule has 1 N–H and O–H groups in total. The summed E-state index contributed by atoms with van der Waals surface area (Å²) in [7, 11) is 0. The molecule has 34 heavy (non-hydrogen) atoms. The molecular weight excluding hydrogens is 462 g/mol. The zero-order chi connectivity index (χ0) is 24.1. The molecule has 0 aliphatic carbocycles. The maximum Gasteiger partial charge on any atom is 0.294 e. The minimum atomic E-state index is -0.963. The lowest BCUT2D eigenvalue weighted by Gasteiger charge is -2.13. The Hall–Kier alpha value is -3.98. The van der Waals surface area contributed by atoms with Gasteiger partial charge in [0, 0.05) is 11.6 Å². The van der Waals surface area contributed by atoms with E-state index >= 15 is 0 Å². The molecule has 1 aliphatic heterocycles. The van der Waals surface area contributed by atoms with E-state index in [9.17, 15) is 23.2 Å². The molecule has 4 rings (SSSR count). The van der Waals surface area contributed by atoms with Gasteiger partial charge in [-0.25, -0.2) is 8.78 Å². The molecule has 0 bridgehead atoms. The van der Waals surface area contributed by atoms with Crippen molar-refractivity contribution in [3.63, 3.8) is 0 Å². The molecule has 3 aromatic rings. The van der Waals surface area contributed by atoms with Gasteiger partial charge in [0.25, 0.3) is 11.1 Å². The number of nitrogens with zero attached hydrogens (tertiary/aromatic N) is 1. The first-order valence-corrected chi connectivity index (χ1v) is 11.0. The fraction of sp³-hybridized carbons (Fsp3) is 0.0800. The summed E-state index contributed by atoms with van der Waals surface area (Å²) in [6, 6.07) is 19.3. The number of hydrogen-bond acceptors (Lipinski definition) is 5. The number of rotatable bonds is 7. The van der Waals surface area contributed by atoms with E-state index in [1.807, 2.05) is 30.3 Å². The van der Waals surface area contributed by atoms with Crippen molar-refractivity contribution in [1.82, 2.24) is 4.90 Å². The van der Waals surface area contributed by atoms with Gasteiger partial charge < -0.3 is 10.1 Å².